The van der Waals surface area contributed by atoms with Crippen LogP contribution < -0.4 is 0 Å². The quantitative estimate of drug-likeness (QED) is 0.305. The van der Waals surface area contributed by atoms with Crippen LogP contribution in [-0.2, 0) is 9.53 Å². The Kier molecular flexibility index (Phi) is 4.77. The Morgan fingerprint density at radius 1 is 0.818 bits per heavy atom. The molecule has 2 bridgehead atoms. The minimum atomic E-state index is 0.0196. The van der Waals surface area contributed by atoms with Crippen molar-refractivity contribution in [1.82, 2.24) is 0 Å². The maximum Gasteiger partial charge on any atom is 0.147 e. The van der Waals surface area contributed by atoms with Crippen LogP contribution in [0.4, 0.5) is 0 Å². The van der Waals surface area contributed by atoms with Gasteiger partial charge in [-0.1, -0.05) is 64.4 Å². The predicted octanol–water partition coefficient (Wildman–Crippen LogP) is 7.82. The highest BCUT2D eigenvalue weighted by Gasteiger charge is 2.73. The van der Waals surface area contributed by atoms with Crippen LogP contribution in [0.5, 0.6) is 0 Å². The van der Waals surface area contributed by atoms with Crippen molar-refractivity contribution in [3.63, 3.8) is 0 Å². The summed E-state index contributed by atoms with van der Waals surface area (Å²) >= 11 is 3.83. The Bertz CT molecular complexity index is 879. The first-order valence-corrected chi connectivity index (χ1v) is 14.9. The summed E-state index contributed by atoms with van der Waals surface area (Å²) in [6.07, 6.45) is 12.0. The van der Waals surface area contributed by atoms with Gasteiger partial charge in [-0.2, -0.15) is 0 Å². The van der Waals surface area contributed by atoms with Gasteiger partial charge < -0.3 is 4.74 Å². The predicted molar refractivity (Wildman–Crippen MR) is 137 cm³/mol. The van der Waals surface area contributed by atoms with Gasteiger partial charge in [-0.05, 0) is 108 Å². The molecule has 186 valence electrons. The van der Waals surface area contributed by atoms with E-state index >= 15 is 0 Å². The highest BCUT2D eigenvalue weighted by atomic mass is 79.9. The topological polar surface area (TPSA) is 26.3 Å². The highest BCUT2D eigenvalue weighted by molar-refractivity contribution is 9.10. The SMILES string of the molecule is CC1(C)CC[C@]23CC[C@]4(C)[C@H](CC[C@@H]5[C@@]6(C)CC(=O)[C@H](Br)C(C)(C)[C@@H]6CC[C@]54C)[C@H]2[C@H]1OC3. The van der Waals surface area contributed by atoms with Gasteiger partial charge in [0.05, 0.1) is 17.5 Å². The summed E-state index contributed by atoms with van der Waals surface area (Å²) < 4.78 is 6.70. The van der Waals surface area contributed by atoms with Gasteiger partial charge in [-0.3, -0.25) is 4.79 Å². The molecule has 6 fully saturated rings. The Morgan fingerprint density at radius 3 is 2.24 bits per heavy atom. The van der Waals surface area contributed by atoms with E-state index in [9.17, 15) is 4.79 Å². The van der Waals surface area contributed by atoms with Crippen LogP contribution in [0.15, 0.2) is 0 Å². The molecule has 0 aromatic heterocycles. The maximum atomic E-state index is 13.3. The van der Waals surface area contributed by atoms with Crippen LogP contribution in [0.2, 0.25) is 0 Å². The molecule has 0 unspecified atom stereocenters. The molecule has 2 nitrogen and oxygen atoms in total. The second-order valence-electron chi connectivity index (χ2n) is 15.6. The molecular weight excluding hydrogens is 472 g/mol. The van der Waals surface area contributed by atoms with Gasteiger partial charge in [0.2, 0.25) is 0 Å². The van der Waals surface area contributed by atoms with Crippen LogP contribution in [0.1, 0.15) is 106 Å². The Morgan fingerprint density at radius 2 is 1.52 bits per heavy atom. The number of hydrogen-bond acceptors (Lipinski definition) is 2. The van der Waals surface area contributed by atoms with Crippen molar-refractivity contribution in [3.05, 3.63) is 0 Å². The second-order valence-corrected chi connectivity index (χ2v) is 16.5. The van der Waals surface area contributed by atoms with E-state index < -0.39 is 0 Å². The van der Waals surface area contributed by atoms with Gasteiger partial charge >= 0.3 is 0 Å². The lowest BCUT2D eigenvalue weighted by molar-refractivity contribution is -0.239. The average Bonchev–Trinajstić information content (AvgIpc) is 3.06. The number of hydrogen-bond donors (Lipinski definition) is 0. The molecule has 0 radical (unpaired) electrons. The number of rotatable bonds is 0. The number of fused-ring (bicyclic) bond motifs is 5. The number of Topliss-reactive ketones (excluding diaryl/α,β-unsaturated/α-hetero) is 1. The molecule has 1 saturated heterocycles. The number of carbonyl (C=O) groups is 1. The van der Waals surface area contributed by atoms with E-state index in [1.807, 2.05) is 0 Å². The van der Waals surface area contributed by atoms with E-state index in [0.29, 0.717) is 45.4 Å². The van der Waals surface area contributed by atoms with Gasteiger partial charge in [-0.25, -0.2) is 0 Å². The first-order chi connectivity index (χ1) is 15.2. The Balaban J connectivity index is 1.41. The molecule has 6 rings (SSSR count). The lowest BCUT2D eigenvalue weighted by Gasteiger charge is -2.73. The first kappa shape index (κ1) is 23.5. The van der Waals surface area contributed by atoms with E-state index in [0.717, 1.165) is 24.9 Å². The van der Waals surface area contributed by atoms with E-state index in [1.165, 1.54) is 51.4 Å². The van der Waals surface area contributed by atoms with E-state index in [-0.39, 0.29) is 15.7 Å². The number of halogens is 1. The summed E-state index contributed by atoms with van der Waals surface area (Å²) in [6, 6.07) is 0. The normalized spacial score (nSPS) is 58.6. The van der Waals surface area contributed by atoms with Crippen LogP contribution in [-0.4, -0.2) is 23.3 Å². The lowest BCUT2D eigenvalue weighted by atomic mass is 9.31. The number of ketones is 1. The summed E-state index contributed by atoms with van der Waals surface area (Å²) in [7, 11) is 0. The maximum absolute atomic E-state index is 13.3. The van der Waals surface area contributed by atoms with Gasteiger partial charge in [-0.15, -0.1) is 0 Å². The smallest absolute Gasteiger partial charge is 0.147 e. The van der Waals surface area contributed by atoms with Crippen molar-refractivity contribution < 1.29 is 9.53 Å². The van der Waals surface area contributed by atoms with Crippen molar-refractivity contribution in [2.24, 2.45) is 56.2 Å². The van der Waals surface area contributed by atoms with Crippen LogP contribution in [0.3, 0.4) is 0 Å². The third-order valence-electron chi connectivity index (χ3n) is 13.8. The monoisotopic (exact) mass is 518 g/mol. The molecule has 6 aliphatic rings. The van der Waals surface area contributed by atoms with E-state index in [2.05, 4.69) is 64.4 Å². The van der Waals surface area contributed by atoms with Crippen LogP contribution in [0.25, 0.3) is 0 Å². The molecule has 0 N–H and O–H groups in total. The fourth-order valence-corrected chi connectivity index (χ4v) is 12.3. The molecule has 10 atom stereocenters. The summed E-state index contributed by atoms with van der Waals surface area (Å²) in [5.41, 5.74) is 1.66. The fourth-order valence-electron chi connectivity index (χ4n) is 11.9. The summed E-state index contributed by atoms with van der Waals surface area (Å²) in [4.78, 5) is 13.3. The molecule has 0 amide bonds. The third-order valence-corrected chi connectivity index (χ3v) is 15.5. The zero-order valence-corrected chi connectivity index (χ0v) is 23.8. The largest absolute Gasteiger partial charge is 0.377 e. The molecule has 0 spiro atoms. The minimum absolute atomic E-state index is 0.0196. The van der Waals surface area contributed by atoms with Crippen molar-refractivity contribution in [2.45, 2.75) is 117 Å². The van der Waals surface area contributed by atoms with Crippen LogP contribution >= 0.6 is 15.9 Å². The van der Waals surface area contributed by atoms with Gasteiger partial charge in [0.25, 0.3) is 0 Å². The second kappa shape index (κ2) is 6.70. The standard InChI is InChI=1S/C30H47BrO2/c1-25(2)12-14-30-15-13-28(6)18(22(30)24(25)33-17-30)8-9-21-27(5)16-19(32)23(31)26(3,4)20(27)10-11-29(21,28)7/h18,20-24H,8-17H2,1-7H3/t18-,20+,21-,22+,23+,24-,27+,28-,29-,30-/m1/s1. The molecule has 5 aliphatic carbocycles. The third kappa shape index (κ3) is 2.63. The molecule has 1 heterocycles. The Hall–Kier alpha value is 0.110. The molecular formula is C30H47BrO2. The number of ether oxygens (including phenoxy) is 1. The van der Waals surface area contributed by atoms with Crippen LogP contribution in [0, 0.1) is 56.2 Å². The fraction of sp³-hybridized carbons (Fsp3) is 0.967. The molecule has 0 aromatic rings. The van der Waals surface area contributed by atoms with Gasteiger partial charge in [0.15, 0.2) is 0 Å². The summed E-state index contributed by atoms with van der Waals surface area (Å²) in [5.74, 6) is 3.29. The van der Waals surface area contributed by atoms with Crippen molar-refractivity contribution in [2.75, 3.05) is 6.61 Å². The zero-order chi connectivity index (χ0) is 23.8. The number of alkyl halides is 1. The summed E-state index contributed by atoms with van der Waals surface area (Å²) in [5, 5.41) is 0. The molecule has 1 aliphatic heterocycles. The van der Waals surface area contributed by atoms with E-state index in [1.54, 1.807) is 0 Å². The van der Waals surface area contributed by atoms with Crippen molar-refractivity contribution >= 4 is 21.7 Å². The van der Waals surface area contributed by atoms with Gasteiger partial charge in [0, 0.05) is 6.42 Å². The average molecular weight is 520 g/mol. The van der Waals surface area contributed by atoms with Gasteiger partial charge in [0.1, 0.15) is 5.78 Å². The molecule has 0 aromatic carbocycles. The summed E-state index contributed by atoms with van der Waals surface area (Å²) in [6.45, 7) is 18.6. The van der Waals surface area contributed by atoms with E-state index in [4.69, 9.17) is 4.74 Å². The zero-order valence-electron chi connectivity index (χ0n) is 22.2. The molecule has 3 heteroatoms. The lowest BCUT2D eigenvalue weighted by Crippen LogP contribution is -2.68. The highest BCUT2D eigenvalue weighted by Crippen LogP contribution is 2.78. The molecule has 5 saturated carbocycles. The van der Waals surface area contributed by atoms with Crippen molar-refractivity contribution in [3.8, 4) is 0 Å². The Labute approximate surface area is 210 Å². The first-order valence-electron chi connectivity index (χ1n) is 14.0. The molecule has 33 heavy (non-hydrogen) atoms. The van der Waals surface area contributed by atoms with Crippen molar-refractivity contribution in [1.29, 1.82) is 0 Å². The number of carbonyl (C=O) groups excluding carboxylic acids is 1. The minimum Gasteiger partial charge on any atom is -0.377 e.